The third-order valence-corrected chi connectivity index (χ3v) is 4.47. The molecular formula is C15H11N3S. The molecule has 1 aromatic heterocycles. The van der Waals surface area contributed by atoms with Crippen LogP contribution in [0.2, 0.25) is 0 Å². The highest BCUT2D eigenvalue weighted by Crippen LogP contribution is 2.36. The second-order valence-electron chi connectivity index (χ2n) is 4.48. The fourth-order valence-electron chi connectivity index (χ4n) is 2.55. The lowest BCUT2D eigenvalue weighted by atomic mass is 9.86. The molecule has 2 heterocycles. The van der Waals surface area contributed by atoms with Crippen LogP contribution in [0.1, 0.15) is 32.4 Å². The van der Waals surface area contributed by atoms with Gasteiger partial charge in [-0.15, -0.1) is 11.3 Å². The van der Waals surface area contributed by atoms with E-state index in [2.05, 4.69) is 17.5 Å². The fourth-order valence-corrected chi connectivity index (χ4v) is 3.54. The van der Waals surface area contributed by atoms with E-state index in [0.29, 0.717) is 5.56 Å². The van der Waals surface area contributed by atoms with Crippen molar-refractivity contribution in [3.63, 3.8) is 0 Å². The van der Waals surface area contributed by atoms with E-state index in [-0.39, 0.29) is 5.92 Å². The Bertz CT molecular complexity index is 703. The first-order valence-electron chi connectivity index (χ1n) is 6.06. The predicted octanol–water partition coefficient (Wildman–Crippen LogP) is 2.73. The number of hydrogen-bond donors (Lipinski definition) is 1. The lowest BCUT2D eigenvalue weighted by molar-refractivity contribution is 0.600. The smallest absolute Gasteiger partial charge is 0.110 e. The van der Waals surface area contributed by atoms with Crippen LogP contribution in [0, 0.1) is 22.7 Å². The molecule has 0 saturated carbocycles. The Labute approximate surface area is 115 Å². The van der Waals surface area contributed by atoms with E-state index < -0.39 is 0 Å². The average molecular weight is 265 g/mol. The summed E-state index contributed by atoms with van der Waals surface area (Å²) >= 11 is 1.54. The predicted molar refractivity (Wildman–Crippen MR) is 73.7 cm³/mol. The molecule has 1 aliphatic rings. The van der Waals surface area contributed by atoms with Gasteiger partial charge in [0.25, 0.3) is 0 Å². The maximum Gasteiger partial charge on any atom is 0.110 e. The maximum absolute atomic E-state index is 9.23. The Hall–Kier alpha value is -2.14. The molecular weight excluding hydrogens is 254 g/mol. The standard InChI is InChI=1S/C15H11N3S/c16-6-10-3-1-2-4-12(10)14-8-18-9-15-13(14)5-11(7-17)19-15/h1-5,14,18H,8-9H2/t14-/m0/s1. The van der Waals surface area contributed by atoms with Crippen molar-refractivity contribution in [2.45, 2.75) is 12.5 Å². The molecule has 1 aliphatic heterocycles. The van der Waals surface area contributed by atoms with E-state index in [1.165, 1.54) is 10.4 Å². The highest BCUT2D eigenvalue weighted by atomic mass is 32.1. The van der Waals surface area contributed by atoms with Crippen LogP contribution in [0.15, 0.2) is 30.3 Å². The molecule has 0 saturated heterocycles. The Morgan fingerprint density at radius 1 is 1.16 bits per heavy atom. The van der Waals surface area contributed by atoms with Gasteiger partial charge in [0.1, 0.15) is 10.9 Å². The Morgan fingerprint density at radius 2 is 2.00 bits per heavy atom. The van der Waals surface area contributed by atoms with Crippen molar-refractivity contribution in [1.82, 2.24) is 5.32 Å². The molecule has 0 amide bonds. The number of nitriles is 2. The second kappa shape index (κ2) is 4.85. The molecule has 19 heavy (non-hydrogen) atoms. The summed E-state index contributed by atoms with van der Waals surface area (Å²) in [6.07, 6.45) is 0. The van der Waals surface area contributed by atoms with Gasteiger partial charge in [0, 0.05) is 23.9 Å². The van der Waals surface area contributed by atoms with Gasteiger partial charge in [0.05, 0.1) is 11.6 Å². The SMILES string of the molecule is N#Cc1cc2c(s1)CNC[C@H]2c1ccccc1C#N. The normalized spacial score (nSPS) is 17.3. The molecule has 1 atom stereocenters. The molecule has 2 aromatic rings. The Balaban J connectivity index is 2.12. The van der Waals surface area contributed by atoms with E-state index in [1.807, 2.05) is 30.3 Å². The number of rotatable bonds is 1. The molecule has 0 fully saturated rings. The zero-order valence-electron chi connectivity index (χ0n) is 10.2. The first kappa shape index (κ1) is 11.9. The number of thiophene rings is 1. The highest BCUT2D eigenvalue weighted by molar-refractivity contribution is 7.12. The summed E-state index contributed by atoms with van der Waals surface area (Å²) in [4.78, 5) is 1.95. The van der Waals surface area contributed by atoms with E-state index in [1.54, 1.807) is 11.3 Å². The lowest BCUT2D eigenvalue weighted by Gasteiger charge is -2.24. The highest BCUT2D eigenvalue weighted by Gasteiger charge is 2.25. The summed E-state index contributed by atoms with van der Waals surface area (Å²) in [5, 5.41) is 21.6. The first-order chi connectivity index (χ1) is 9.33. The van der Waals surface area contributed by atoms with Gasteiger partial charge in [-0.05, 0) is 23.3 Å². The van der Waals surface area contributed by atoms with Gasteiger partial charge in [0.2, 0.25) is 0 Å². The summed E-state index contributed by atoms with van der Waals surface area (Å²) < 4.78 is 0. The number of fused-ring (bicyclic) bond motifs is 1. The van der Waals surface area contributed by atoms with Crippen molar-refractivity contribution in [3.05, 3.63) is 56.8 Å². The molecule has 0 radical (unpaired) electrons. The molecule has 3 rings (SSSR count). The number of nitrogens with one attached hydrogen (secondary N) is 1. The first-order valence-corrected chi connectivity index (χ1v) is 6.87. The van der Waals surface area contributed by atoms with Crippen molar-refractivity contribution in [2.24, 2.45) is 0 Å². The fraction of sp³-hybridized carbons (Fsp3) is 0.200. The van der Waals surface area contributed by atoms with Crippen molar-refractivity contribution >= 4 is 11.3 Å². The largest absolute Gasteiger partial charge is 0.311 e. The molecule has 0 unspecified atom stereocenters. The van der Waals surface area contributed by atoms with Gasteiger partial charge in [-0.25, -0.2) is 0 Å². The molecule has 4 heteroatoms. The number of nitrogens with zero attached hydrogens (tertiary/aromatic N) is 2. The van der Waals surface area contributed by atoms with Crippen molar-refractivity contribution < 1.29 is 0 Å². The summed E-state index contributed by atoms with van der Waals surface area (Å²) in [5.41, 5.74) is 2.95. The van der Waals surface area contributed by atoms with Crippen LogP contribution in [0.25, 0.3) is 0 Å². The van der Waals surface area contributed by atoms with Gasteiger partial charge < -0.3 is 5.32 Å². The van der Waals surface area contributed by atoms with Crippen LogP contribution >= 0.6 is 11.3 Å². The summed E-state index contributed by atoms with van der Waals surface area (Å²) in [5.74, 6) is 0.165. The van der Waals surface area contributed by atoms with Gasteiger partial charge >= 0.3 is 0 Å². The lowest BCUT2D eigenvalue weighted by Crippen LogP contribution is -2.27. The van der Waals surface area contributed by atoms with Gasteiger partial charge in [-0.3, -0.25) is 0 Å². The van der Waals surface area contributed by atoms with Crippen LogP contribution in [-0.4, -0.2) is 6.54 Å². The molecule has 0 spiro atoms. The summed E-state index contributed by atoms with van der Waals surface area (Å²) in [6, 6.07) is 14.1. The zero-order chi connectivity index (χ0) is 13.2. The van der Waals surface area contributed by atoms with Gasteiger partial charge in [-0.1, -0.05) is 18.2 Å². The minimum absolute atomic E-state index is 0.165. The molecule has 92 valence electrons. The van der Waals surface area contributed by atoms with Crippen LogP contribution in [0.5, 0.6) is 0 Å². The average Bonchev–Trinajstić information content (AvgIpc) is 2.90. The Kier molecular flexibility index (Phi) is 3.05. The van der Waals surface area contributed by atoms with E-state index in [0.717, 1.165) is 23.5 Å². The Morgan fingerprint density at radius 3 is 2.79 bits per heavy atom. The van der Waals surface area contributed by atoms with Crippen LogP contribution in [0.4, 0.5) is 0 Å². The minimum atomic E-state index is 0.165. The molecule has 1 aromatic carbocycles. The number of benzene rings is 1. The van der Waals surface area contributed by atoms with Crippen LogP contribution in [-0.2, 0) is 6.54 Å². The quantitative estimate of drug-likeness (QED) is 0.862. The topological polar surface area (TPSA) is 59.6 Å². The van der Waals surface area contributed by atoms with Gasteiger partial charge in [-0.2, -0.15) is 10.5 Å². The molecule has 1 N–H and O–H groups in total. The minimum Gasteiger partial charge on any atom is -0.311 e. The third-order valence-electron chi connectivity index (χ3n) is 3.42. The van der Waals surface area contributed by atoms with Crippen molar-refractivity contribution in [1.29, 1.82) is 10.5 Å². The van der Waals surface area contributed by atoms with Gasteiger partial charge in [0.15, 0.2) is 0 Å². The van der Waals surface area contributed by atoms with Crippen molar-refractivity contribution in [2.75, 3.05) is 6.54 Å². The van der Waals surface area contributed by atoms with Crippen LogP contribution < -0.4 is 5.32 Å². The zero-order valence-corrected chi connectivity index (χ0v) is 11.0. The van der Waals surface area contributed by atoms with Crippen LogP contribution in [0.3, 0.4) is 0 Å². The maximum atomic E-state index is 9.23. The molecule has 0 bridgehead atoms. The summed E-state index contributed by atoms with van der Waals surface area (Å²) in [6.45, 7) is 1.63. The second-order valence-corrected chi connectivity index (χ2v) is 5.62. The van der Waals surface area contributed by atoms with E-state index in [9.17, 15) is 5.26 Å². The molecule has 0 aliphatic carbocycles. The van der Waals surface area contributed by atoms with Crippen molar-refractivity contribution in [3.8, 4) is 12.1 Å². The summed E-state index contributed by atoms with van der Waals surface area (Å²) in [7, 11) is 0. The number of hydrogen-bond acceptors (Lipinski definition) is 4. The monoisotopic (exact) mass is 265 g/mol. The van der Waals surface area contributed by atoms with E-state index in [4.69, 9.17) is 5.26 Å². The third kappa shape index (κ3) is 2.02. The van der Waals surface area contributed by atoms with E-state index >= 15 is 0 Å². The molecule has 3 nitrogen and oxygen atoms in total.